The normalized spacial score (nSPS) is 3.43. The van der Waals surface area contributed by atoms with Gasteiger partial charge in [-0.25, -0.2) is 0 Å². The number of rotatable bonds is 0. The smallest absolute Gasteiger partial charge is 2.00 e. The van der Waals surface area contributed by atoms with Crippen LogP contribution in [-0.2, 0) is 5.48 Å². The average Bonchev–Trinajstić information content (AvgIpc) is 0.811. The fourth-order valence-electron chi connectivity index (χ4n) is 0. The molecule has 0 aliphatic heterocycles. The molecule has 0 saturated heterocycles. The van der Waals surface area contributed by atoms with Crippen molar-refractivity contribution in [3.8, 4) is 0 Å². The number of carbonyl (C=O) groups excluding carboxylic acids is 1. The molecule has 0 saturated carbocycles. The molecule has 0 aromatic rings. The fraction of sp³-hybridized carbons (Fsp3) is 0. The summed E-state index contributed by atoms with van der Waals surface area (Å²) in [6, 6.07) is 0. The maximum atomic E-state index is 8.33. The monoisotopic (exact) mass is 352 g/mol. The molecule has 0 spiro atoms. The molecule has 0 heterocycles. The third kappa shape index (κ3) is 60.4. The van der Waals surface area contributed by atoms with Crippen LogP contribution in [-0.4, -0.2) is 104 Å². The van der Waals surface area contributed by atoms with Gasteiger partial charge < -0.3 is 20.5 Å². The van der Waals surface area contributed by atoms with E-state index in [0.717, 1.165) is 0 Å². The van der Waals surface area contributed by atoms with Gasteiger partial charge in [-0.05, 0) is 6.16 Å². The summed E-state index contributed by atoms with van der Waals surface area (Å²) in [5.74, 6) is 0. The van der Waals surface area contributed by atoms with E-state index in [2.05, 4.69) is 0 Å². The van der Waals surface area contributed by atoms with Gasteiger partial charge in [0.1, 0.15) is 0 Å². The minimum Gasteiger partial charge on any atom is -2.00 e. The van der Waals surface area contributed by atoms with Gasteiger partial charge in [0, 0.05) is 0 Å². The fourth-order valence-corrected chi connectivity index (χ4v) is 0. The van der Waals surface area contributed by atoms with Crippen LogP contribution in [0.5, 0.6) is 0 Å². The van der Waals surface area contributed by atoms with Gasteiger partial charge in [0.25, 0.3) is 0 Å². The van der Waals surface area contributed by atoms with Gasteiger partial charge in [0.15, 0.2) is 0 Å². The largest absolute Gasteiger partial charge is 2.00 e. The second-order valence-electron chi connectivity index (χ2n) is 0.250. The van der Waals surface area contributed by atoms with E-state index in [9.17, 15) is 0 Å². The Morgan fingerprint density at radius 1 is 1.14 bits per heavy atom. The Balaban J connectivity index is -0.0000000150. The Bertz CT molecular complexity index is 32.7. The van der Waals surface area contributed by atoms with Crippen LogP contribution in [0.15, 0.2) is 0 Å². The van der Waals surface area contributed by atoms with Crippen LogP contribution in [0, 0.1) is 0 Å². The van der Waals surface area contributed by atoms with Gasteiger partial charge in [-0.3, -0.25) is 0 Å². The third-order valence-electron chi connectivity index (χ3n) is 0. The average molecular weight is 351 g/mol. The Hall–Kier alpha value is 2.37. The van der Waals surface area contributed by atoms with E-state index >= 15 is 0 Å². The number of hydrogen-bond acceptors (Lipinski definition) is 3. The standard InChI is InChI=1S/CH2O3.2Ba.O/c2-1(3)4;;;/h(H2,2,3,4);;;/q;2*+2;-2/p-2. The third-order valence-corrected chi connectivity index (χ3v) is 0. The van der Waals surface area contributed by atoms with Crippen molar-refractivity contribution >= 4 is 104 Å². The summed E-state index contributed by atoms with van der Waals surface area (Å²) < 4.78 is 0. The summed E-state index contributed by atoms with van der Waals surface area (Å²) in [4.78, 5) is 8.33. The van der Waals surface area contributed by atoms with Crippen molar-refractivity contribution in [2.75, 3.05) is 0 Å². The van der Waals surface area contributed by atoms with Gasteiger partial charge in [0.05, 0.1) is 0 Å². The van der Waals surface area contributed by atoms with Crippen molar-refractivity contribution in [3.05, 3.63) is 0 Å². The Labute approximate surface area is 121 Å². The van der Waals surface area contributed by atoms with Crippen LogP contribution in [0.2, 0.25) is 0 Å². The SMILES string of the molecule is O=C([O-])[O-].[Ba+2].[Ba+2].[O-2]. The minimum atomic E-state index is -2.33. The molecule has 0 aromatic carbocycles. The van der Waals surface area contributed by atoms with Crippen molar-refractivity contribution < 1.29 is 20.5 Å². The molecule has 0 fully saturated rings. The van der Waals surface area contributed by atoms with Gasteiger partial charge in [-0.2, -0.15) is 0 Å². The summed E-state index contributed by atoms with van der Waals surface area (Å²) in [6.07, 6.45) is -2.33. The number of carboxylic acid groups (broad SMARTS) is 2. The molecule has 0 unspecified atom stereocenters. The van der Waals surface area contributed by atoms with Crippen molar-refractivity contribution in [1.29, 1.82) is 0 Å². The molecule has 0 aliphatic carbocycles. The van der Waals surface area contributed by atoms with E-state index in [-0.39, 0.29) is 103 Å². The van der Waals surface area contributed by atoms with Crippen LogP contribution in [0.4, 0.5) is 4.79 Å². The van der Waals surface area contributed by atoms with E-state index in [1.54, 1.807) is 0 Å². The quantitative estimate of drug-likeness (QED) is 0.428. The molecule has 0 radical (unpaired) electrons. The van der Waals surface area contributed by atoms with Crippen LogP contribution >= 0.6 is 0 Å². The Morgan fingerprint density at radius 2 is 1.14 bits per heavy atom. The molecule has 0 N–H and O–H groups in total. The van der Waals surface area contributed by atoms with Crippen molar-refractivity contribution in [2.45, 2.75) is 0 Å². The Kier molecular flexibility index (Phi) is 51.3. The molecule has 0 bridgehead atoms. The van der Waals surface area contributed by atoms with E-state index in [0.29, 0.717) is 0 Å². The maximum Gasteiger partial charge on any atom is 2.00 e. The zero-order chi connectivity index (χ0) is 3.58. The molecule has 7 heavy (non-hydrogen) atoms. The Morgan fingerprint density at radius 3 is 1.14 bits per heavy atom. The molecule has 0 atom stereocenters. The molecular formula is CBa2O4. The maximum absolute atomic E-state index is 8.33. The summed E-state index contributed by atoms with van der Waals surface area (Å²) in [7, 11) is 0. The first-order valence-corrected chi connectivity index (χ1v) is 0.612. The van der Waals surface area contributed by atoms with Crippen LogP contribution in [0.25, 0.3) is 0 Å². The summed E-state index contributed by atoms with van der Waals surface area (Å²) in [6.45, 7) is 0. The van der Waals surface area contributed by atoms with Crippen molar-refractivity contribution in [1.82, 2.24) is 0 Å². The number of hydrogen-bond donors (Lipinski definition) is 0. The first-order chi connectivity index (χ1) is 1.73. The van der Waals surface area contributed by atoms with E-state index in [4.69, 9.17) is 15.0 Å². The van der Waals surface area contributed by atoms with Gasteiger partial charge in [0.2, 0.25) is 0 Å². The second kappa shape index (κ2) is 15.8. The topological polar surface area (TPSA) is 91.7 Å². The molecule has 0 rings (SSSR count). The molecule has 32 valence electrons. The van der Waals surface area contributed by atoms with E-state index in [1.807, 2.05) is 0 Å². The van der Waals surface area contributed by atoms with Crippen molar-refractivity contribution in [2.24, 2.45) is 0 Å². The molecule has 0 aromatic heterocycles. The van der Waals surface area contributed by atoms with Gasteiger partial charge in [-0.15, -0.1) is 0 Å². The first-order valence-electron chi connectivity index (χ1n) is 0.612. The predicted octanol–water partition coefficient (Wildman–Crippen LogP) is -3.33. The minimum absolute atomic E-state index is 0. The second-order valence-corrected chi connectivity index (χ2v) is 0.250. The summed E-state index contributed by atoms with van der Waals surface area (Å²) in [5.41, 5.74) is 0. The van der Waals surface area contributed by atoms with E-state index < -0.39 is 6.16 Å². The molecule has 0 aliphatic rings. The summed E-state index contributed by atoms with van der Waals surface area (Å²) >= 11 is 0. The van der Waals surface area contributed by atoms with Crippen LogP contribution in [0.3, 0.4) is 0 Å². The van der Waals surface area contributed by atoms with Crippen molar-refractivity contribution in [3.63, 3.8) is 0 Å². The molecule has 6 heteroatoms. The predicted molar refractivity (Wildman–Crippen MR) is 17.6 cm³/mol. The van der Waals surface area contributed by atoms with Gasteiger partial charge in [-0.1, -0.05) is 0 Å². The zero-order valence-electron chi connectivity index (χ0n) is 3.55. The van der Waals surface area contributed by atoms with Crippen LogP contribution < -0.4 is 10.2 Å². The summed E-state index contributed by atoms with van der Waals surface area (Å²) in [5, 5.41) is 16.7. The molecule has 0 amide bonds. The zero-order valence-corrected chi connectivity index (χ0v) is 12.4. The molecular weight excluding hydrogens is 351 g/mol. The number of carbonyl (C=O) groups is 1. The molecule has 4 nitrogen and oxygen atoms in total. The first kappa shape index (κ1) is 22.8. The van der Waals surface area contributed by atoms with Gasteiger partial charge >= 0.3 is 97.8 Å². The van der Waals surface area contributed by atoms with Crippen LogP contribution in [0.1, 0.15) is 0 Å². The van der Waals surface area contributed by atoms with E-state index in [1.165, 1.54) is 0 Å².